The highest BCUT2D eigenvalue weighted by molar-refractivity contribution is 5.81. The molecular weight excluding hydrogens is 488 g/mol. The minimum absolute atomic E-state index is 0.216. The fourth-order valence-electron chi connectivity index (χ4n) is 7.38. The molecule has 39 heavy (non-hydrogen) atoms. The standard InChI is InChI=1S/C32H48O5.C2H6/c1-5-6-18-37-30(36)32(16-17-32)29(35)14-9-21(2)25-12-13-26-24(8-7-15-31(25,26)4)11-10-23-19-27(33)22(3)28(34)20-23;1-2/h9-11,14,21,25-29,33-35H,3,5-8,12-13,15-20H2,1-2,4H3;1-2H3/b14-9+,24-11+;/t21-,25?,26+,27-,28-,29-,31-;/m1./s1. The summed E-state index contributed by atoms with van der Waals surface area (Å²) in [5.41, 5.74) is 2.61. The van der Waals surface area contributed by atoms with Crippen LogP contribution in [-0.2, 0) is 9.53 Å². The van der Waals surface area contributed by atoms with Crippen molar-refractivity contribution in [2.45, 2.75) is 124 Å². The molecular formula is C34H54O5. The summed E-state index contributed by atoms with van der Waals surface area (Å²) >= 11 is 0. The average Bonchev–Trinajstić information content (AvgIpc) is 3.66. The number of aliphatic hydroxyl groups excluding tert-OH is 3. The zero-order chi connectivity index (χ0) is 28.8. The summed E-state index contributed by atoms with van der Waals surface area (Å²) in [6.45, 7) is 15.0. The van der Waals surface area contributed by atoms with Gasteiger partial charge in [-0.15, -0.1) is 0 Å². The predicted molar refractivity (Wildman–Crippen MR) is 158 cm³/mol. The maximum Gasteiger partial charge on any atom is 0.315 e. The number of rotatable bonds is 9. The number of fused-ring (bicyclic) bond motifs is 1. The van der Waals surface area contributed by atoms with Crippen LogP contribution in [0.15, 0.2) is 47.6 Å². The second-order valence-electron chi connectivity index (χ2n) is 12.5. The van der Waals surface area contributed by atoms with Gasteiger partial charge >= 0.3 is 5.97 Å². The molecule has 5 nitrogen and oxygen atoms in total. The van der Waals surface area contributed by atoms with Crippen molar-refractivity contribution in [2.75, 3.05) is 6.61 Å². The van der Waals surface area contributed by atoms with Gasteiger partial charge in [-0.25, -0.2) is 0 Å². The number of esters is 1. The molecule has 5 heteroatoms. The van der Waals surface area contributed by atoms with Crippen molar-refractivity contribution in [3.63, 3.8) is 0 Å². The molecule has 0 radical (unpaired) electrons. The van der Waals surface area contributed by atoms with E-state index in [9.17, 15) is 20.1 Å². The Labute approximate surface area is 237 Å². The number of ether oxygens (including phenoxy) is 1. The molecule has 0 bridgehead atoms. The van der Waals surface area contributed by atoms with Gasteiger partial charge in [0.1, 0.15) is 0 Å². The molecule has 1 unspecified atom stereocenters. The van der Waals surface area contributed by atoms with E-state index in [1.165, 1.54) is 24.8 Å². The Bertz CT molecular complexity index is 925. The van der Waals surface area contributed by atoms with Crippen molar-refractivity contribution in [1.82, 2.24) is 0 Å². The van der Waals surface area contributed by atoms with E-state index in [4.69, 9.17) is 4.74 Å². The topological polar surface area (TPSA) is 87.0 Å². The van der Waals surface area contributed by atoms with Gasteiger partial charge in [0.25, 0.3) is 0 Å². The van der Waals surface area contributed by atoms with Crippen molar-refractivity contribution in [2.24, 2.45) is 28.6 Å². The fourth-order valence-corrected chi connectivity index (χ4v) is 7.38. The van der Waals surface area contributed by atoms with Gasteiger partial charge in [0, 0.05) is 0 Å². The van der Waals surface area contributed by atoms with E-state index in [1.807, 2.05) is 19.9 Å². The molecule has 0 aliphatic heterocycles. The molecule has 7 atom stereocenters. The van der Waals surface area contributed by atoms with Crippen LogP contribution >= 0.6 is 0 Å². The van der Waals surface area contributed by atoms with Crippen molar-refractivity contribution < 1.29 is 24.9 Å². The molecule has 4 aliphatic carbocycles. The number of aliphatic hydroxyl groups is 3. The largest absolute Gasteiger partial charge is 0.465 e. The summed E-state index contributed by atoms with van der Waals surface area (Å²) in [4.78, 5) is 12.6. The SMILES string of the molecule is C=C1[C@H](O)CC(=C/C=C2\CCC[C@]3(C)C([C@H](C)/C=C/[C@@H](O)C4(C(=O)OCCCC)CC4)CC[C@@H]23)C[C@H]1O.CC. The Morgan fingerprint density at radius 1 is 1.10 bits per heavy atom. The summed E-state index contributed by atoms with van der Waals surface area (Å²) < 4.78 is 5.44. The second-order valence-corrected chi connectivity index (χ2v) is 12.5. The summed E-state index contributed by atoms with van der Waals surface area (Å²) in [5, 5.41) is 31.3. The van der Waals surface area contributed by atoms with Crippen molar-refractivity contribution in [3.05, 3.63) is 47.6 Å². The lowest BCUT2D eigenvalue weighted by atomic mass is 9.61. The zero-order valence-corrected chi connectivity index (χ0v) is 25.1. The molecule has 220 valence electrons. The Hall–Kier alpha value is -1.69. The van der Waals surface area contributed by atoms with E-state index in [0.717, 1.165) is 31.3 Å². The second kappa shape index (κ2) is 13.8. The van der Waals surface area contributed by atoms with Gasteiger partial charge in [-0.05, 0) is 93.0 Å². The molecule has 4 rings (SSSR count). The van der Waals surface area contributed by atoms with Crippen molar-refractivity contribution in [3.8, 4) is 0 Å². The first-order valence-electron chi connectivity index (χ1n) is 15.6. The lowest BCUT2D eigenvalue weighted by Gasteiger charge is -2.44. The predicted octanol–water partition coefficient (Wildman–Crippen LogP) is 6.83. The Morgan fingerprint density at radius 2 is 1.77 bits per heavy atom. The molecule has 4 saturated carbocycles. The molecule has 3 N–H and O–H groups in total. The lowest BCUT2D eigenvalue weighted by molar-refractivity contribution is -0.153. The first-order chi connectivity index (χ1) is 18.6. The third-order valence-corrected chi connectivity index (χ3v) is 10.1. The third kappa shape index (κ3) is 6.97. The summed E-state index contributed by atoms with van der Waals surface area (Å²) in [6, 6.07) is 0. The van der Waals surface area contributed by atoms with E-state index < -0.39 is 23.7 Å². The number of carbonyl (C=O) groups is 1. The smallest absolute Gasteiger partial charge is 0.315 e. The Balaban J connectivity index is 0.00000205. The zero-order valence-electron chi connectivity index (χ0n) is 25.1. The van der Waals surface area contributed by atoms with Crippen LogP contribution in [0.2, 0.25) is 0 Å². The highest BCUT2D eigenvalue weighted by Gasteiger charge is 2.56. The maximum absolute atomic E-state index is 12.6. The third-order valence-electron chi connectivity index (χ3n) is 10.1. The lowest BCUT2D eigenvalue weighted by Crippen LogP contribution is -2.36. The Kier molecular flexibility index (Phi) is 11.3. The van der Waals surface area contributed by atoms with Crippen LogP contribution < -0.4 is 0 Å². The van der Waals surface area contributed by atoms with Gasteiger partial charge in [-0.3, -0.25) is 4.79 Å². The van der Waals surface area contributed by atoms with E-state index >= 15 is 0 Å². The summed E-state index contributed by atoms with van der Waals surface area (Å²) in [5.74, 6) is 1.16. The van der Waals surface area contributed by atoms with Gasteiger partial charge in [-0.2, -0.15) is 0 Å². The Morgan fingerprint density at radius 3 is 2.38 bits per heavy atom. The molecule has 0 aromatic carbocycles. The molecule has 0 spiro atoms. The van der Waals surface area contributed by atoms with Gasteiger partial charge in [0.15, 0.2) is 0 Å². The van der Waals surface area contributed by atoms with Gasteiger partial charge < -0.3 is 20.1 Å². The monoisotopic (exact) mass is 542 g/mol. The normalized spacial score (nSPS) is 34.2. The van der Waals surface area contributed by atoms with Crippen LogP contribution in [0.3, 0.4) is 0 Å². The molecule has 0 amide bonds. The minimum atomic E-state index is -0.778. The number of carbonyl (C=O) groups excluding carboxylic acids is 1. The molecule has 4 fully saturated rings. The van der Waals surface area contributed by atoms with E-state index in [1.54, 1.807) is 0 Å². The molecule has 0 aromatic heterocycles. The van der Waals surface area contributed by atoms with Crippen molar-refractivity contribution in [1.29, 1.82) is 0 Å². The molecule has 4 aliphatic rings. The van der Waals surface area contributed by atoms with Crippen LogP contribution in [0, 0.1) is 28.6 Å². The van der Waals surface area contributed by atoms with E-state index in [0.29, 0.717) is 55.6 Å². The van der Waals surface area contributed by atoms with Crippen LogP contribution in [0.4, 0.5) is 0 Å². The van der Waals surface area contributed by atoms with Crippen LogP contribution in [0.5, 0.6) is 0 Å². The number of hydrogen-bond donors (Lipinski definition) is 3. The van der Waals surface area contributed by atoms with Gasteiger partial charge in [0.2, 0.25) is 0 Å². The quantitative estimate of drug-likeness (QED) is 0.169. The number of allylic oxidation sites excluding steroid dienone is 4. The maximum atomic E-state index is 12.6. The first-order valence-corrected chi connectivity index (χ1v) is 15.6. The minimum Gasteiger partial charge on any atom is -0.465 e. The van der Waals surface area contributed by atoms with Crippen LogP contribution in [-0.4, -0.2) is 46.2 Å². The molecule has 0 heterocycles. The first kappa shape index (κ1) is 31.8. The van der Waals surface area contributed by atoms with Crippen LogP contribution in [0.1, 0.15) is 105 Å². The van der Waals surface area contributed by atoms with Crippen molar-refractivity contribution >= 4 is 5.97 Å². The number of unbranched alkanes of at least 4 members (excludes halogenated alkanes) is 1. The molecule has 0 aromatic rings. The van der Waals surface area contributed by atoms with Crippen LogP contribution in [0.25, 0.3) is 0 Å². The van der Waals surface area contributed by atoms with Gasteiger partial charge in [-0.1, -0.05) is 83.1 Å². The molecule has 0 saturated heterocycles. The highest BCUT2D eigenvalue weighted by Crippen LogP contribution is 2.59. The number of hydrogen-bond acceptors (Lipinski definition) is 5. The van der Waals surface area contributed by atoms with Gasteiger partial charge in [0.05, 0.1) is 30.3 Å². The van der Waals surface area contributed by atoms with E-state index in [2.05, 4.69) is 45.6 Å². The highest BCUT2D eigenvalue weighted by atomic mass is 16.5. The summed E-state index contributed by atoms with van der Waals surface area (Å²) in [6.07, 6.45) is 16.5. The van der Waals surface area contributed by atoms with E-state index in [-0.39, 0.29) is 11.4 Å². The average molecular weight is 543 g/mol. The summed E-state index contributed by atoms with van der Waals surface area (Å²) in [7, 11) is 0. The fraction of sp³-hybridized carbons (Fsp3) is 0.735.